The van der Waals surface area contributed by atoms with Crippen molar-refractivity contribution in [3.05, 3.63) is 33.8 Å². The number of amides is 1. The summed E-state index contributed by atoms with van der Waals surface area (Å²) < 4.78 is 0. The van der Waals surface area contributed by atoms with Gasteiger partial charge in [0, 0.05) is 18.2 Å². The summed E-state index contributed by atoms with van der Waals surface area (Å²) in [4.78, 5) is 25.2. The van der Waals surface area contributed by atoms with Gasteiger partial charge >= 0.3 is 5.97 Å². The van der Waals surface area contributed by atoms with Gasteiger partial charge in [0.25, 0.3) is 5.91 Å². The smallest absolute Gasteiger partial charge is 0.308 e. The normalized spacial score (nSPS) is 22.6. The van der Waals surface area contributed by atoms with E-state index in [-0.39, 0.29) is 18.5 Å². The highest BCUT2D eigenvalue weighted by molar-refractivity contribution is 6.42. The first-order valence-corrected chi connectivity index (χ1v) is 7.14. The number of piperidine rings is 1. The number of nitrogens with zero attached hydrogens (tertiary/aromatic N) is 1. The van der Waals surface area contributed by atoms with Crippen LogP contribution in [-0.4, -0.2) is 34.5 Å². The van der Waals surface area contributed by atoms with Crippen LogP contribution in [0.1, 0.15) is 30.1 Å². The molecule has 0 aliphatic carbocycles. The van der Waals surface area contributed by atoms with Gasteiger partial charge in [-0.05, 0) is 38.0 Å². The van der Waals surface area contributed by atoms with Crippen LogP contribution in [0.3, 0.4) is 0 Å². The SMILES string of the molecule is CC1CCC(C(=O)O)CN1C(=O)c1ccc(Cl)c(Cl)c1. The molecule has 0 bridgehead atoms. The van der Waals surface area contributed by atoms with Crippen LogP contribution in [0, 0.1) is 5.92 Å². The quantitative estimate of drug-likeness (QED) is 0.910. The van der Waals surface area contributed by atoms with Gasteiger partial charge in [-0.1, -0.05) is 23.2 Å². The van der Waals surface area contributed by atoms with Crippen LogP contribution in [0.2, 0.25) is 10.0 Å². The van der Waals surface area contributed by atoms with Gasteiger partial charge in [0.1, 0.15) is 0 Å². The van der Waals surface area contributed by atoms with Gasteiger partial charge in [0.15, 0.2) is 0 Å². The zero-order valence-electron chi connectivity index (χ0n) is 11.0. The van der Waals surface area contributed by atoms with Gasteiger partial charge in [-0.2, -0.15) is 0 Å². The molecule has 0 aromatic heterocycles. The number of hydrogen-bond donors (Lipinski definition) is 1. The molecule has 1 aromatic rings. The lowest BCUT2D eigenvalue weighted by Gasteiger charge is -2.36. The van der Waals surface area contributed by atoms with Gasteiger partial charge in [-0.25, -0.2) is 0 Å². The molecule has 2 rings (SSSR count). The van der Waals surface area contributed by atoms with E-state index < -0.39 is 11.9 Å². The molecule has 6 heteroatoms. The molecule has 1 fully saturated rings. The Morgan fingerprint density at radius 2 is 1.95 bits per heavy atom. The molecule has 0 radical (unpaired) electrons. The summed E-state index contributed by atoms with van der Waals surface area (Å²) in [5.41, 5.74) is 0.428. The van der Waals surface area contributed by atoms with Crippen LogP contribution in [-0.2, 0) is 4.79 Å². The molecule has 1 N–H and O–H groups in total. The van der Waals surface area contributed by atoms with Crippen molar-refractivity contribution in [1.29, 1.82) is 0 Å². The first-order valence-electron chi connectivity index (χ1n) is 6.39. The number of carboxylic acid groups (broad SMARTS) is 1. The zero-order valence-corrected chi connectivity index (χ0v) is 12.5. The van der Waals surface area contributed by atoms with E-state index in [1.807, 2.05) is 6.92 Å². The lowest BCUT2D eigenvalue weighted by atomic mass is 9.93. The number of rotatable bonds is 2. The van der Waals surface area contributed by atoms with Gasteiger partial charge in [0.05, 0.1) is 16.0 Å². The molecule has 0 saturated carbocycles. The molecule has 0 spiro atoms. The lowest BCUT2D eigenvalue weighted by Crippen LogP contribution is -2.47. The molecular weight excluding hydrogens is 301 g/mol. The molecule has 1 aromatic carbocycles. The predicted molar refractivity (Wildman–Crippen MR) is 77.3 cm³/mol. The summed E-state index contributed by atoms with van der Waals surface area (Å²) in [7, 11) is 0. The highest BCUT2D eigenvalue weighted by Crippen LogP contribution is 2.27. The number of aliphatic carboxylic acids is 1. The number of carbonyl (C=O) groups excluding carboxylic acids is 1. The summed E-state index contributed by atoms with van der Waals surface area (Å²) in [5.74, 6) is -1.57. The Morgan fingerprint density at radius 3 is 2.55 bits per heavy atom. The number of hydrogen-bond acceptors (Lipinski definition) is 2. The Kier molecular flexibility index (Phi) is 4.55. The van der Waals surface area contributed by atoms with Crippen LogP contribution in [0.4, 0.5) is 0 Å². The average Bonchev–Trinajstić information content (AvgIpc) is 2.41. The van der Waals surface area contributed by atoms with E-state index in [0.29, 0.717) is 28.5 Å². The molecule has 108 valence electrons. The number of halogens is 2. The Balaban J connectivity index is 2.21. The highest BCUT2D eigenvalue weighted by Gasteiger charge is 2.33. The molecule has 1 heterocycles. The van der Waals surface area contributed by atoms with Crippen LogP contribution in [0.15, 0.2) is 18.2 Å². The minimum atomic E-state index is -0.858. The summed E-state index contributed by atoms with van der Waals surface area (Å²) >= 11 is 11.7. The Morgan fingerprint density at radius 1 is 1.25 bits per heavy atom. The van der Waals surface area contributed by atoms with Gasteiger partial charge in [0.2, 0.25) is 0 Å². The van der Waals surface area contributed by atoms with Gasteiger partial charge in [-0.15, -0.1) is 0 Å². The molecule has 1 aliphatic rings. The lowest BCUT2D eigenvalue weighted by molar-refractivity contribution is -0.143. The third-order valence-corrected chi connectivity index (χ3v) is 4.40. The topological polar surface area (TPSA) is 57.6 Å². The van der Waals surface area contributed by atoms with Crippen molar-refractivity contribution in [2.24, 2.45) is 5.92 Å². The maximum atomic E-state index is 12.5. The van der Waals surface area contributed by atoms with E-state index in [1.54, 1.807) is 17.0 Å². The first kappa shape index (κ1) is 15.1. The van der Waals surface area contributed by atoms with Crippen molar-refractivity contribution >= 4 is 35.1 Å². The maximum Gasteiger partial charge on any atom is 0.308 e. The standard InChI is InChI=1S/C14H15Cl2NO3/c1-8-2-3-10(14(19)20)7-17(8)13(18)9-4-5-11(15)12(16)6-9/h4-6,8,10H,2-3,7H2,1H3,(H,19,20). The second kappa shape index (κ2) is 6.02. The Hall–Kier alpha value is -1.26. The van der Waals surface area contributed by atoms with E-state index in [9.17, 15) is 9.59 Å². The molecule has 1 aliphatic heterocycles. The van der Waals surface area contributed by atoms with Crippen molar-refractivity contribution in [3.63, 3.8) is 0 Å². The predicted octanol–water partition coefficient (Wildman–Crippen LogP) is 3.32. The van der Waals surface area contributed by atoms with Crippen molar-refractivity contribution in [2.75, 3.05) is 6.54 Å². The van der Waals surface area contributed by atoms with Crippen molar-refractivity contribution < 1.29 is 14.7 Å². The third-order valence-electron chi connectivity index (χ3n) is 3.66. The van der Waals surface area contributed by atoms with E-state index in [0.717, 1.165) is 0 Å². The van der Waals surface area contributed by atoms with E-state index in [1.165, 1.54) is 6.07 Å². The summed E-state index contributed by atoms with van der Waals surface area (Å²) in [6.45, 7) is 2.16. The number of benzene rings is 1. The second-order valence-corrected chi connectivity index (χ2v) is 5.86. The van der Waals surface area contributed by atoms with Crippen LogP contribution >= 0.6 is 23.2 Å². The van der Waals surface area contributed by atoms with Crippen LogP contribution < -0.4 is 0 Å². The number of carbonyl (C=O) groups is 2. The van der Waals surface area contributed by atoms with Crippen molar-refractivity contribution in [1.82, 2.24) is 4.90 Å². The largest absolute Gasteiger partial charge is 0.481 e. The van der Waals surface area contributed by atoms with Crippen LogP contribution in [0.25, 0.3) is 0 Å². The number of carboxylic acids is 1. The summed E-state index contributed by atoms with van der Waals surface area (Å²) in [6, 6.07) is 4.71. The first-order chi connectivity index (χ1) is 9.40. The van der Waals surface area contributed by atoms with Crippen molar-refractivity contribution in [3.8, 4) is 0 Å². The highest BCUT2D eigenvalue weighted by atomic mass is 35.5. The monoisotopic (exact) mass is 315 g/mol. The minimum Gasteiger partial charge on any atom is -0.481 e. The molecule has 1 saturated heterocycles. The molecule has 2 atom stereocenters. The minimum absolute atomic E-state index is 0.0209. The summed E-state index contributed by atoms with van der Waals surface area (Å²) in [5, 5.41) is 9.80. The molecule has 4 nitrogen and oxygen atoms in total. The maximum absolute atomic E-state index is 12.5. The average molecular weight is 316 g/mol. The fourth-order valence-corrected chi connectivity index (χ4v) is 2.68. The van der Waals surface area contributed by atoms with Gasteiger partial charge in [-0.3, -0.25) is 9.59 Å². The van der Waals surface area contributed by atoms with Gasteiger partial charge < -0.3 is 10.0 Å². The van der Waals surface area contributed by atoms with E-state index in [2.05, 4.69) is 0 Å². The molecular formula is C14H15Cl2NO3. The fourth-order valence-electron chi connectivity index (χ4n) is 2.39. The summed E-state index contributed by atoms with van der Waals surface area (Å²) in [6.07, 6.45) is 1.28. The Labute approximate surface area is 127 Å². The Bertz CT molecular complexity index is 547. The third kappa shape index (κ3) is 3.07. The number of likely N-dealkylation sites (tertiary alicyclic amines) is 1. The zero-order chi connectivity index (χ0) is 14.9. The molecule has 1 amide bonds. The fraction of sp³-hybridized carbons (Fsp3) is 0.429. The molecule has 20 heavy (non-hydrogen) atoms. The molecule has 2 unspecified atom stereocenters. The van der Waals surface area contributed by atoms with Crippen molar-refractivity contribution in [2.45, 2.75) is 25.8 Å². The van der Waals surface area contributed by atoms with E-state index in [4.69, 9.17) is 28.3 Å². The van der Waals surface area contributed by atoms with Crippen LogP contribution in [0.5, 0.6) is 0 Å². The van der Waals surface area contributed by atoms with E-state index >= 15 is 0 Å². The second-order valence-electron chi connectivity index (χ2n) is 5.05.